The van der Waals surface area contributed by atoms with E-state index in [4.69, 9.17) is 9.47 Å². The van der Waals surface area contributed by atoms with Crippen molar-refractivity contribution >= 4 is 11.9 Å². The number of amides is 1. The maximum Gasteiger partial charge on any atom is 0.335 e. The van der Waals surface area contributed by atoms with Gasteiger partial charge in [-0.25, -0.2) is 4.79 Å². The number of rotatable bonds is 8. The SMILES string of the molecule is C=CCOC(C)C(=O)OCC(=O)NCCC(C)(C)C. The average Bonchev–Trinajstić information content (AvgIpc) is 2.31. The van der Waals surface area contributed by atoms with Crippen molar-refractivity contribution in [2.75, 3.05) is 19.8 Å². The third-order valence-electron chi connectivity index (χ3n) is 2.34. The van der Waals surface area contributed by atoms with Crippen LogP contribution in [0.5, 0.6) is 0 Å². The molecular formula is C14H25NO4. The van der Waals surface area contributed by atoms with Gasteiger partial charge in [0.15, 0.2) is 12.7 Å². The molecule has 0 aliphatic heterocycles. The fourth-order valence-corrected chi connectivity index (χ4v) is 1.16. The molecule has 0 saturated heterocycles. The Kier molecular flexibility index (Phi) is 8.07. The van der Waals surface area contributed by atoms with Crippen LogP contribution in [0.1, 0.15) is 34.1 Å². The summed E-state index contributed by atoms with van der Waals surface area (Å²) in [6.45, 7) is 11.9. The molecule has 0 rings (SSSR count). The zero-order valence-corrected chi connectivity index (χ0v) is 12.3. The van der Waals surface area contributed by atoms with Crippen molar-refractivity contribution in [1.82, 2.24) is 5.32 Å². The summed E-state index contributed by atoms with van der Waals surface area (Å²) in [5.74, 6) is -0.846. The summed E-state index contributed by atoms with van der Waals surface area (Å²) in [6, 6.07) is 0. The van der Waals surface area contributed by atoms with Gasteiger partial charge in [0.2, 0.25) is 0 Å². The van der Waals surface area contributed by atoms with E-state index in [1.165, 1.54) is 0 Å². The Morgan fingerprint density at radius 1 is 1.37 bits per heavy atom. The molecule has 0 radical (unpaired) electrons. The summed E-state index contributed by atoms with van der Waals surface area (Å²) in [5, 5.41) is 2.70. The molecule has 1 unspecified atom stereocenters. The Balaban J connectivity index is 3.78. The monoisotopic (exact) mass is 271 g/mol. The fraction of sp³-hybridized carbons (Fsp3) is 0.714. The van der Waals surface area contributed by atoms with E-state index in [1.54, 1.807) is 13.0 Å². The second-order valence-corrected chi connectivity index (χ2v) is 5.53. The summed E-state index contributed by atoms with van der Waals surface area (Å²) in [6.07, 6.45) is 1.72. The van der Waals surface area contributed by atoms with E-state index >= 15 is 0 Å². The third kappa shape index (κ3) is 10.3. The molecule has 0 aliphatic rings. The van der Waals surface area contributed by atoms with E-state index < -0.39 is 12.1 Å². The Morgan fingerprint density at radius 3 is 2.53 bits per heavy atom. The van der Waals surface area contributed by atoms with Crippen LogP contribution in [0.4, 0.5) is 0 Å². The highest BCUT2D eigenvalue weighted by Gasteiger charge is 2.16. The normalized spacial score (nSPS) is 12.6. The lowest BCUT2D eigenvalue weighted by atomic mass is 9.92. The van der Waals surface area contributed by atoms with Crippen LogP contribution in [0, 0.1) is 5.41 Å². The Bertz CT molecular complexity index is 307. The summed E-state index contributed by atoms with van der Waals surface area (Å²) < 4.78 is 9.92. The summed E-state index contributed by atoms with van der Waals surface area (Å²) in [7, 11) is 0. The standard InChI is InChI=1S/C14H25NO4/c1-6-9-18-11(2)13(17)19-10-12(16)15-8-7-14(3,4)5/h6,11H,1,7-10H2,2-5H3,(H,15,16). The second-order valence-electron chi connectivity index (χ2n) is 5.53. The number of carbonyl (C=O) groups excluding carboxylic acids is 2. The fourth-order valence-electron chi connectivity index (χ4n) is 1.16. The first-order valence-electron chi connectivity index (χ1n) is 6.42. The molecule has 19 heavy (non-hydrogen) atoms. The average molecular weight is 271 g/mol. The van der Waals surface area contributed by atoms with Crippen molar-refractivity contribution in [3.05, 3.63) is 12.7 Å². The number of esters is 1. The molecule has 1 amide bonds. The van der Waals surface area contributed by atoms with Gasteiger partial charge in [-0.2, -0.15) is 0 Å². The molecule has 110 valence electrons. The molecule has 0 aliphatic carbocycles. The topological polar surface area (TPSA) is 64.6 Å². The van der Waals surface area contributed by atoms with Crippen molar-refractivity contribution in [2.24, 2.45) is 5.41 Å². The van der Waals surface area contributed by atoms with Gasteiger partial charge in [-0.1, -0.05) is 26.8 Å². The molecule has 1 atom stereocenters. The molecular weight excluding hydrogens is 246 g/mol. The maximum absolute atomic E-state index is 11.4. The largest absolute Gasteiger partial charge is 0.454 e. The number of hydrogen-bond acceptors (Lipinski definition) is 4. The maximum atomic E-state index is 11.4. The minimum Gasteiger partial charge on any atom is -0.454 e. The molecule has 0 heterocycles. The predicted molar refractivity (Wildman–Crippen MR) is 73.7 cm³/mol. The van der Waals surface area contributed by atoms with Crippen LogP contribution < -0.4 is 5.32 Å². The van der Waals surface area contributed by atoms with Gasteiger partial charge < -0.3 is 14.8 Å². The molecule has 0 spiro atoms. The van der Waals surface area contributed by atoms with Crippen LogP contribution >= 0.6 is 0 Å². The van der Waals surface area contributed by atoms with Crippen molar-refractivity contribution < 1.29 is 19.1 Å². The van der Waals surface area contributed by atoms with Crippen molar-refractivity contribution in [2.45, 2.75) is 40.2 Å². The summed E-state index contributed by atoms with van der Waals surface area (Å²) >= 11 is 0. The quantitative estimate of drug-likeness (QED) is 0.539. The van der Waals surface area contributed by atoms with Gasteiger partial charge in [-0.05, 0) is 18.8 Å². The van der Waals surface area contributed by atoms with E-state index in [0.29, 0.717) is 6.54 Å². The van der Waals surface area contributed by atoms with Crippen LogP contribution in [-0.2, 0) is 19.1 Å². The van der Waals surface area contributed by atoms with Crippen LogP contribution in [0.2, 0.25) is 0 Å². The highest BCUT2D eigenvalue weighted by atomic mass is 16.6. The van der Waals surface area contributed by atoms with Gasteiger partial charge in [0.05, 0.1) is 6.61 Å². The highest BCUT2D eigenvalue weighted by molar-refractivity contribution is 5.81. The van der Waals surface area contributed by atoms with Crippen LogP contribution in [-0.4, -0.2) is 37.7 Å². The minimum atomic E-state index is -0.694. The lowest BCUT2D eigenvalue weighted by Gasteiger charge is -2.18. The zero-order chi connectivity index (χ0) is 14.9. The zero-order valence-electron chi connectivity index (χ0n) is 12.3. The van der Waals surface area contributed by atoms with E-state index in [9.17, 15) is 9.59 Å². The van der Waals surface area contributed by atoms with Gasteiger partial charge >= 0.3 is 5.97 Å². The van der Waals surface area contributed by atoms with Crippen molar-refractivity contribution in [3.63, 3.8) is 0 Å². The van der Waals surface area contributed by atoms with Crippen LogP contribution in [0.15, 0.2) is 12.7 Å². The lowest BCUT2D eigenvalue weighted by molar-refractivity contribution is -0.158. The van der Waals surface area contributed by atoms with Gasteiger partial charge in [-0.3, -0.25) is 4.79 Å². The molecule has 5 heteroatoms. The van der Waals surface area contributed by atoms with Crippen molar-refractivity contribution in [3.8, 4) is 0 Å². The molecule has 0 aromatic carbocycles. The summed E-state index contributed by atoms with van der Waals surface area (Å²) in [4.78, 5) is 22.8. The second kappa shape index (κ2) is 8.69. The smallest absolute Gasteiger partial charge is 0.335 e. The molecule has 5 nitrogen and oxygen atoms in total. The van der Waals surface area contributed by atoms with Gasteiger partial charge in [0, 0.05) is 6.54 Å². The molecule has 0 bridgehead atoms. The first-order valence-corrected chi connectivity index (χ1v) is 6.42. The Labute approximate surface area is 115 Å². The minimum absolute atomic E-state index is 0.164. The first-order chi connectivity index (χ1) is 8.76. The molecule has 1 N–H and O–H groups in total. The van der Waals surface area contributed by atoms with Crippen LogP contribution in [0.3, 0.4) is 0 Å². The van der Waals surface area contributed by atoms with E-state index in [2.05, 4.69) is 32.7 Å². The van der Waals surface area contributed by atoms with Gasteiger partial charge in [0.1, 0.15) is 0 Å². The number of ether oxygens (including phenoxy) is 2. The van der Waals surface area contributed by atoms with Crippen LogP contribution in [0.25, 0.3) is 0 Å². The van der Waals surface area contributed by atoms with Gasteiger partial charge in [-0.15, -0.1) is 6.58 Å². The van der Waals surface area contributed by atoms with E-state index in [-0.39, 0.29) is 24.5 Å². The van der Waals surface area contributed by atoms with Crippen molar-refractivity contribution in [1.29, 1.82) is 0 Å². The summed E-state index contributed by atoms with van der Waals surface area (Å²) in [5.41, 5.74) is 0.164. The van der Waals surface area contributed by atoms with E-state index in [1.807, 2.05) is 0 Å². The molecule has 0 saturated carbocycles. The Hall–Kier alpha value is -1.36. The predicted octanol–water partition coefficient (Wildman–Crippen LogP) is 1.67. The van der Waals surface area contributed by atoms with E-state index in [0.717, 1.165) is 6.42 Å². The lowest BCUT2D eigenvalue weighted by Crippen LogP contribution is -2.33. The number of nitrogens with one attached hydrogen (secondary N) is 1. The first kappa shape index (κ1) is 17.6. The highest BCUT2D eigenvalue weighted by Crippen LogP contribution is 2.16. The molecule has 0 fully saturated rings. The number of carbonyl (C=O) groups is 2. The third-order valence-corrected chi connectivity index (χ3v) is 2.34. The Morgan fingerprint density at radius 2 is 2.00 bits per heavy atom. The van der Waals surface area contributed by atoms with Gasteiger partial charge in [0.25, 0.3) is 5.91 Å². The molecule has 0 aromatic rings. The molecule has 0 aromatic heterocycles. The number of hydrogen-bond donors (Lipinski definition) is 1.